The summed E-state index contributed by atoms with van der Waals surface area (Å²) < 4.78 is 0. The fraction of sp³-hybridized carbons (Fsp3) is 0.467. The topological polar surface area (TPSA) is 23.6 Å². The Hall–Kier alpha value is -1.42. The molecule has 1 aromatic carbocycles. The molecule has 1 aromatic rings. The molecule has 0 N–H and O–H groups in total. The molecule has 1 amide bonds. The van der Waals surface area contributed by atoms with Gasteiger partial charge in [0.05, 0.1) is 0 Å². The van der Waals surface area contributed by atoms with E-state index in [-0.39, 0.29) is 11.9 Å². The summed E-state index contributed by atoms with van der Waals surface area (Å²) in [6.07, 6.45) is 0. The van der Waals surface area contributed by atoms with Crippen molar-refractivity contribution in [2.75, 3.05) is 13.1 Å². The number of hydrogen-bond donors (Lipinski definition) is 0. The Morgan fingerprint density at radius 3 is 2.42 bits per heavy atom. The van der Waals surface area contributed by atoms with Gasteiger partial charge in [-0.05, 0) is 30.6 Å². The van der Waals surface area contributed by atoms with Gasteiger partial charge in [0.25, 0.3) is 5.91 Å². The Kier molecular flexibility index (Phi) is 4.20. The van der Waals surface area contributed by atoms with E-state index in [9.17, 15) is 4.79 Å². The largest absolute Gasteiger partial charge is 0.333 e. The number of carbonyl (C=O) groups excluding carboxylic acids is 1. The highest BCUT2D eigenvalue weighted by Crippen LogP contribution is 2.31. The van der Waals surface area contributed by atoms with E-state index >= 15 is 0 Å². The highest BCUT2D eigenvalue weighted by atomic mass is 32.1. The number of likely N-dealkylation sites (N-methyl/N-ethyl adjacent to an activating group) is 1. The van der Waals surface area contributed by atoms with Crippen molar-refractivity contribution in [2.45, 2.75) is 26.8 Å². The summed E-state index contributed by atoms with van der Waals surface area (Å²) in [5.74, 6) is 0.516. The van der Waals surface area contributed by atoms with Crippen LogP contribution in [-0.4, -0.2) is 33.9 Å². The molecule has 0 bridgehead atoms. The molecule has 1 atom stereocenters. The van der Waals surface area contributed by atoms with Crippen molar-refractivity contribution in [3.05, 3.63) is 35.9 Å². The maximum atomic E-state index is 12.6. The van der Waals surface area contributed by atoms with Crippen LogP contribution in [0.3, 0.4) is 0 Å². The van der Waals surface area contributed by atoms with Gasteiger partial charge in [0.1, 0.15) is 6.04 Å². The first-order chi connectivity index (χ1) is 9.06. The fourth-order valence-corrected chi connectivity index (χ4v) is 2.85. The molecule has 0 radical (unpaired) electrons. The number of rotatable bonds is 4. The molecule has 0 spiro atoms. The standard InChI is InChI=1S/C15H20N2OS/c1-4-16-13(12-8-6-5-7-9-12)14(18)17(15(16)19)10-11(2)3/h5-9,11,13H,4,10H2,1-3H3. The maximum absolute atomic E-state index is 12.6. The van der Waals surface area contributed by atoms with E-state index in [4.69, 9.17) is 12.2 Å². The molecular formula is C15H20N2OS. The van der Waals surface area contributed by atoms with E-state index in [1.165, 1.54) is 0 Å². The second-order valence-electron chi connectivity index (χ2n) is 5.22. The average molecular weight is 276 g/mol. The molecule has 1 aliphatic rings. The van der Waals surface area contributed by atoms with E-state index in [2.05, 4.69) is 13.8 Å². The van der Waals surface area contributed by atoms with Crippen LogP contribution in [0.4, 0.5) is 0 Å². The molecule has 1 heterocycles. The van der Waals surface area contributed by atoms with E-state index in [0.717, 1.165) is 12.1 Å². The van der Waals surface area contributed by atoms with Crippen molar-refractivity contribution in [1.29, 1.82) is 0 Å². The van der Waals surface area contributed by atoms with Crippen LogP contribution in [0.25, 0.3) is 0 Å². The minimum absolute atomic E-state index is 0.103. The summed E-state index contributed by atoms with van der Waals surface area (Å²) in [6.45, 7) is 7.68. The van der Waals surface area contributed by atoms with Gasteiger partial charge in [0.2, 0.25) is 0 Å². The number of amides is 1. The second-order valence-corrected chi connectivity index (χ2v) is 5.59. The quantitative estimate of drug-likeness (QED) is 0.790. The Bertz CT molecular complexity index is 472. The van der Waals surface area contributed by atoms with Gasteiger partial charge < -0.3 is 4.90 Å². The van der Waals surface area contributed by atoms with E-state index in [1.54, 1.807) is 4.90 Å². The van der Waals surface area contributed by atoms with Crippen LogP contribution in [0, 0.1) is 5.92 Å². The van der Waals surface area contributed by atoms with Gasteiger partial charge in [-0.1, -0.05) is 44.2 Å². The normalized spacial score (nSPS) is 19.7. The van der Waals surface area contributed by atoms with Gasteiger partial charge in [-0.25, -0.2) is 0 Å². The summed E-state index contributed by atoms with van der Waals surface area (Å²) >= 11 is 5.46. The lowest BCUT2D eigenvalue weighted by atomic mass is 10.1. The lowest BCUT2D eigenvalue weighted by Crippen LogP contribution is -2.35. The van der Waals surface area contributed by atoms with Crippen LogP contribution in [0.15, 0.2) is 30.3 Å². The smallest absolute Gasteiger partial charge is 0.256 e. The van der Waals surface area contributed by atoms with Gasteiger partial charge in [0.15, 0.2) is 5.11 Å². The fourth-order valence-electron chi connectivity index (χ4n) is 2.45. The number of thiocarbonyl (C=S) groups is 1. The lowest BCUT2D eigenvalue weighted by Gasteiger charge is -2.22. The van der Waals surface area contributed by atoms with E-state index < -0.39 is 0 Å². The van der Waals surface area contributed by atoms with Crippen LogP contribution < -0.4 is 0 Å². The summed E-state index contributed by atoms with van der Waals surface area (Å²) in [4.78, 5) is 16.4. The summed E-state index contributed by atoms with van der Waals surface area (Å²) in [5.41, 5.74) is 1.02. The molecule has 0 aliphatic carbocycles. The van der Waals surface area contributed by atoms with Crippen molar-refractivity contribution in [2.24, 2.45) is 5.92 Å². The molecule has 0 aromatic heterocycles. The predicted molar refractivity (Wildman–Crippen MR) is 80.7 cm³/mol. The highest BCUT2D eigenvalue weighted by Gasteiger charge is 2.42. The maximum Gasteiger partial charge on any atom is 0.256 e. The third-order valence-electron chi connectivity index (χ3n) is 3.29. The van der Waals surface area contributed by atoms with Crippen molar-refractivity contribution in [3.8, 4) is 0 Å². The van der Waals surface area contributed by atoms with Crippen molar-refractivity contribution in [3.63, 3.8) is 0 Å². The Labute approximate surface area is 120 Å². The van der Waals surface area contributed by atoms with Crippen molar-refractivity contribution >= 4 is 23.2 Å². The van der Waals surface area contributed by atoms with Gasteiger partial charge in [-0.3, -0.25) is 9.69 Å². The molecule has 3 nitrogen and oxygen atoms in total. The molecule has 0 saturated carbocycles. The molecule has 4 heteroatoms. The number of carbonyl (C=O) groups is 1. The molecule has 19 heavy (non-hydrogen) atoms. The first-order valence-corrected chi connectivity index (χ1v) is 7.14. The molecule has 1 fully saturated rings. The minimum Gasteiger partial charge on any atom is -0.333 e. The zero-order chi connectivity index (χ0) is 14.0. The van der Waals surface area contributed by atoms with Gasteiger partial charge >= 0.3 is 0 Å². The first-order valence-electron chi connectivity index (χ1n) is 6.73. The second kappa shape index (κ2) is 5.70. The number of nitrogens with zero attached hydrogens (tertiary/aromatic N) is 2. The molecule has 102 valence electrons. The Balaban J connectivity index is 2.33. The Morgan fingerprint density at radius 1 is 1.26 bits per heavy atom. The zero-order valence-corrected chi connectivity index (χ0v) is 12.5. The van der Waals surface area contributed by atoms with E-state index in [0.29, 0.717) is 17.6 Å². The van der Waals surface area contributed by atoms with Crippen LogP contribution in [0.1, 0.15) is 32.4 Å². The monoisotopic (exact) mass is 276 g/mol. The van der Waals surface area contributed by atoms with Crippen LogP contribution in [0.5, 0.6) is 0 Å². The Morgan fingerprint density at radius 2 is 1.89 bits per heavy atom. The average Bonchev–Trinajstić information content (AvgIpc) is 2.63. The number of hydrogen-bond acceptors (Lipinski definition) is 2. The third kappa shape index (κ3) is 2.63. The van der Waals surface area contributed by atoms with E-state index in [1.807, 2.05) is 42.2 Å². The third-order valence-corrected chi connectivity index (χ3v) is 3.75. The minimum atomic E-state index is -0.252. The lowest BCUT2D eigenvalue weighted by molar-refractivity contribution is -0.128. The van der Waals surface area contributed by atoms with Crippen LogP contribution in [0.2, 0.25) is 0 Å². The molecule has 1 saturated heterocycles. The summed E-state index contributed by atoms with van der Waals surface area (Å²) in [6, 6.07) is 9.62. The van der Waals surface area contributed by atoms with Gasteiger partial charge in [0, 0.05) is 13.1 Å². The number of benzene rings is 1. The van der Waals surface area contributed by atoms with Gasteiger partial charge in [-0.15, -0.1) is 0 Å². The molecule has 1 unspecified atom stereocenters. The molecular weight excluding hydrogens is 256 g/mol. The van der Waals surface area contributed by atoms with Crippen molar-refractivity contribution < 1.29 is 4.79 Å². The first kappa shape index (κ1) is 14.0. The van der Waals surface area contributed by atoms with Crippen molar-refractivity contribution in [1.82, 2.24) is 9.80 Å². The molecule has 2 rings (SSSR count). The highest BCUT2D eigenvalue weighted by molar-refractivity contribution is 7.80. The van der Waals surface area contributed by atoms with Crippen LogP contribution >= 0.6 is 12.2 Å². The summed E-state index contributed by atoms with van der Waals surface area (Å²) in [5, 5.41) is 0.662. The zero-order valence-electron chi connectivity index (χ0n) is 11.7. The molecule has 1 aliphatic heterocycles. The summed E-state index contributed by atoms with van der Waals surface area (Å²) in [7, 11) is 0. The SMILES string of the molecule is CCN1C(=S)N(CC(C)C)C(=O)C1c1ccccc1. The van der Waals surface area contributed by atoms with Crippen LogP contribution in [-0.2, 0) is 4.79 Å². The predicted octanol–water partition coefficient (Wildman–Crippen LogP) is 2.83. The van der Waals surface area contributed by atoms with Gasteiger partial charge in [-0.2, -0.15) is 0 Å².